The van der Waals surface area contributed by atoms with E-state index in [1.165, 1.54) is 0 Å². The van der Waals surface area contributed by atoms with E-state index in [1.807, 2.05) is 67.6 Å². The quantitative estimate of drug-likeness (QED) is 0.574. The van der Waals surface area contributed by atoms with Crippen LogP contribution in [0, 0.1) is 6.92 Å². The third-order valence-corrected chi connectivity index (χ3v) is 5.90. The van der Waals surface area contributed by atoms with Crippen LogP contribution >= 0.6 is 0 Å². The van der Waals surface area contributed by atoms with Gasteiger partial charge in [0.15, 0.2) is 0 Å². The number of aryl methyl sites for hydroxylation is 2. The van der Waals surface area contributed by atoms with E-state index in [9.17, 15) is 14.7 Å². The van der Waals surface area contributed by atoms with Crippen LogP contribution in [-0.2, 0) is 16.0 Å². The topological polar surface area (TPSA) is 75.6 Å². The molecule has 0 spiro atoms. The predicted octanol–water partition coefficient (Wildman–Crippen LogP) is 4.92. The normalized spacial score (nSPS) is 13.2. The van der Waals surface area contributed by atoms with Crippen LogP contribution in [0.4, 0.5) is 4.79 Å². The summed E-state index contributed by atoms with van der Waals surface area (Å²) in [4.78, 5) is 24.1. The highest BCUT2D eigenvalue weighted by molar-refractivity contribution is 5.81. The first-order chi connectivity index (χ1) is 15.0. The Morgan fingerprint density at radius 3 is 2.13 bits per heavy atom. The lowest BCUT2D eigenvalue weighted by molar-refractivity contribution is -0.139. The standard InChI is InChI=1S/C26H25NO4/c1-17-8-2-3-9-18(17)14-15-24(25(28)29)27-26(30)31-16-23-21-12-6-4-10-19(21)20-11-5-7-13-22(20)23/h2-13,23-24H,14-16H2,1H3,(H,27,30)(H,28,29)/t24-/m0/s1. The average Bonchev–Trinajstić information content (AvgIpc) is 3.10. The van der Waals surface area contributed by atoms with Crippen molar-refractivity contribution in [3.05, 3.63) is 95.1 Å². The largest absolute Gasteiger partial charge is 0.480 e. The molecule has 1 atom stereocenters. The molecule has 2 N–H and O–H groups in total. The minimum atomic E-state index is -1.07. The number of hydrogen-bond acceptors (Lipinski definition) is 3. The van der Waals surface area contributed by atoms with Crippen LogP contribution < -0.4 is 5.32 Å². The molecule has 158 valence electrons. The molecular weight excluding hydrogens is 390 g/mol. The number of carbonyl (C=O) groups is 2. The Morgan fingerprint density at radius 1 is 0.935 bits per heavy atom. The van der Waals surface area contributed by atoms with Gasteiger partial charge in [0.1, 0.15) is 12.6 Å². The van der Waals surface area contributed by atoms with E-state index in [0.717, 1.165) is 33.4 Å². The van der Waals surface area contributed by atoms with Gasteiger partial charge in [0.25, 0.3) is 0 Å². The molecule has 31 heavy (non-hydrogen) atoms. The van der Waals surface area contributed by atoms with Crippen LogP contribution in [0.2, 0.25) is 0 Å². The van der Waals surface area contributed by atoms with Crippen LogP contribution in [0.1, 0.15) is 34.6 Å². The van der Waals surface area contributed by atoms with Gasteiger partial charge in [-0.2, -0.15) is 0 Å². The van der Waals surface area contributed by atoms with Crippen LogP contribution in [0.5, 0.6) is 0 Å². The van der Waals surface area contributed by atoms with E-state index in [-0.39, 0.29) is 12.5 Å². The van der Waals surface area contributed by atoms with Gasteiger partial charge in [0.05, 0.1) is 0 Å². The second-order valence-electron chi connectivity index (χ2n) is 7.83. The number of carboxylic acid groups (broad SMARTS) is 1. The molecule has 1 aliphatic rings. The number of carboxylic acids is 1. The van der Waals surface area contributed by atoms with Crippen molar-refractivity contribution in [3.8, 4) is 11.1 Å². The molecule has 0 bridgehead atoms. The lowest BCUT2D eigenvalue weighted by atomic mass is 9.98. The number of hydrogen-bond donors (Lipinski definition) is 2. The summed E-state index contributed by atoms with van der Waals surface area (Å²) in [7, 11) is 0. The molecule has 1 aliphatic carbocycles. The number of rotatable bonds is 7. The molecule has 0 radical (unpaired) electrons. The highest BCUT2D eigenvalue weighted by Crippen LogP contribution is 2.44. The zero-order valence-electron chi connectivity index (χ0n) is 17.4. The SMILES string of the molecule is Cc1ccccc1CC[C@H](NC(=O)OCC1c2ccccc2-c2ccccc21)C(=O)O. The van der Waals surface area contributed by atoms with Crippen molar-refractivity contribution in [1.82, 2.24) is 5.32 Å². The summed E-state index contributed by atoms with van der Waals surface area (Å²) in [5.74, 6) is -1.13. The summed E-state index contributed by atoms with van der Waals surface area (Å²) in [6, 6.07) is 23.0. The average molecular weight is 415 g/mol. The number of nitrogens with one attached hydrogen (secondary N) is 1. The highest BCUT2D eigenvalue weighted by Gasteiger charge is 2.29. The lowest BCUT2D eigenvalue weighted by Crippen LogP contribution is -2.41. The molecule has 0 aromatic heterocycles. The summed E-state index contributed by atoms with van der Waals surface area (Å²) < 4.78 is 5.48. The van der Waals surface area contributed by atoms with E-state index in [0.29, 0.717) is 12.8 Å². The number of amides is 1. The maximum Gasteiger partial charge on any atom is 0.407 e. The summed E-state index contributed by atoms with van der Waals surface area (Å²) in [5, 5.41) is 12.1. The fourth-order valence-corrected chi connectivity index (χ4v) is 4.23. The van der Waals surface area contributed by atoms with E-state index >= 15 is 0 Å². The molecule has 0 unspecified atom stereocenters. The van der Waals surface area contributed by atoms with Gasteiger partial charge in [-0.1, -0.05) is 72.8 Å². The van der Waals surface area contributed by atoms with Gasteiger partial charge in [-0.3, -0.25) is 0 Å². The molecule has 3 aromatic carbocycles. The molecule has 0 saturated heterocycles. The van der Waals surface area contributed by atoms with Gasteiger partial charge in [0, 0.05) is 5.92 Å². The van der Waals surface area contributed by atoms with Crippen molar-refractivity contribution in [2.24, 2.45) is 0 Å². The number of benzene rings is 3. The van der Waals surface area contributed by atoms with Gasteiger partial charge in [0.2, 0.25) is 0 Å². The van der Waals surface area contributed by atoms with E-state index in [4.69, 9.17) is 4.74 Å². The summed E-state index contributed by atoms with van der Waals surface area (Å²) >= 11 is 0. The number of alkyl carbamates (subject to hydrolysis) is 1. The zero-order valence-corrected chi connectivity index (χ0v) is 17.4. The van der Waals surface area contributed by atoms with Crippen molar-refractivity contribution >= 4 is 12.1 Å². The number of fused-ring (bicyclic) bond motifs is 3. The smallest absolute Gasteiger partial charge is 0.407 e. The minimum Gasteiger partial charge on any atom is -0.480 e. The van der Waals surface area contributed by atoms with Gasteiger partial charge in [-0.15, -0.1) is 0 Å². The molecule has 0 fully saturated rings. The fraction of sp³-hybridized carbons (Fsp3) is 0.231. The Balaban J connectivity index is 1.39. The van der Waals surface area contributed by atoms with Crippen molar-refractivity contribution in [1.29, 1.82) is 0 Å². The monoisotopic (exact) mass is 415 g/mol. The van der Waals surface area contributed by atoms with E-state index in [1.54, 1.807) is 0 Å². The number of aliphatic carboxylic acids is 1. The molecule has 0 heterocycles. The van der Waals surface area contributed by atoms with E-state index in [2.05, 4.69) is 17.4 Å². The lowest BCUT2D eigenvalue weighted by Gasteiger charge is -2.18. The number of carbonyl (C=O) groups excluding carboxylic acids is 1. The first-order valence-electron chi connectivity index (χ1n) is 10.4. The van der Waals surface area contributed by atoms with Gasteiger partial charge in [-0.25, -0.2) is 9.59 Å². The van der Waals surface area contributed by atoms with Crippen molar-refractivity contribution in [2.75, 3.05) is 6.61 Å². The molecular formula is C26H25NO4. The maximum atomic E-state index is 12.4. The first-order valence-corrected chi connectivity index (χ1v) is 10.4. The first kappa shape index (κ1) is 20.7. The Kier molecular flexibility index (Phi) is 6.03. The predicted molar refractivity (Wildman–Crippen MR) is 119 cm³/mol. The van der Waals surface area contributed by atoms with Crippen LogP contribution in [-0.4, -0.2) is 29.8 Å². The zero-order chi connectivity index (χ0) is 21.8. The summed E-state index contributed by atoms with van der Waals surface area (Å²) in [6.45, 7) is 2.15. The fourth-order valence-electron chi connectivity index (χ4n) is 4.23. The second kappa shape index (κ2) is 9.04. The molecule has 5 heteroatoms. The van der Waals surface area contributed by atoms with Crippen LogP contribution in [0.25, 0.3) is 11.1 Å². The Labute approximate surface area is 181 Å². The Morgan fingerprint density at radius 2 is 1.52 bits per heavy atom. The van der Waals surface area contributed by atoms with Crippen molar-refractivity contribution in [2.45, 2.75) is 31.7 Å². The van der Waals surface area contributed by atoms with Crippen LogP contribution in [0.15, 0.2) is 72.8 Å². The van der Waals surface area contributed by atoms with Gasteiger partial charge < -0.3 is 15.2 Å². The molecule has 1 amide bonds. The highest BCUT2D eigenvalue weighted by atomic mass is 16.5. The molecule has 4 rings (SSSR count). The molecule has 3 aromatic rings. The van der Waals surface area contributed by atoms with Gasteiger partial charge in [-0.05, 0) is 53.1 Å². The Bertz CT molecular complexity index is 1060. The molecule has 0 aliphatic heterocycles. The van der Waals surface area contributed by atoms with Gasteiger partial charge >= 0.3 is 12.1 Å². The third kappa shape index (κ3) is 4.45. The summed E-state index contributed by atoms with van der Waals surface area (Å²) in [6.07, 6.45) is 0.150. The molecule has 5 nitrogen and oxygen atoms in total. The van der Waals surface area contributed by atoms with Crippen molar-refractivity contribution < 1.29 is 19.4 Å². The maximum absolute atomic E-state index is 12.4. The van der Waals surface area contributed by atoms with Crippen molar-refractivity contribution in [3.63, 3.8) is 0 Å². The Hall–Kier alpha value is -3.60. The molecule has 0 saturated carbocycles. The minimum absolute atomic E-state index is 0.0617. The third-order valence-electron chi connectivity index (χ3n) is 5.90. The van der Waals surface area contributed by atoms with Crippen LogP contribution in [0.3, 0.4) is 0 Å². The van der Waals surface area contributed by atoms with E-state index < -0.39 is 18.1 Å². The number of ether oxygens (including phenoxy) is 1. The second-order valence-corrected chi connectivity index (χ2v) is 7.83. The summed E-state index contributed by atoms with van der Waals surface area (Å²) in [5.41, 5.74) is 6.70.